The van der Waals surface area contributed by atoms with Crippen molar-refractivity contribution < 1.29 is 0 Å². The SMILES string of the molecule is Cc1ncsc1CNc1cnccc1C#N. The fourth-order valence-electron chi connectivity index (χ4n) is 1.30. The molecule has 80 valence electrons. The van der Waals surface area contributed by atoms with Crippen LogP contribution >= 0.6 is 11.3 Å². The van der Waals surface area contributed by atoms with Gasteiger partial charge in [0, 0.05) is 11.1 Å². The molecule has 16 heavy (non-hydrogen) atoms. The molecular formula is C11H10N4S. The van der Waals surface area contributed by atoms with Crippen LogP contribution in [0.3, 0.4) is 0 Å². The second-order valence-corrected chi connectivity index (χ2v) is 4.19. The first kappa shape index (κ1) is 10.6. The van der Waals surface area contributed by atoms with E-state index >= 15 is 0 Å². The number of hydrogen-bond donors (Lipinski definition) is 1. The number of nitrogens with zero attached hydrogens (tertiary/aromatic N) is 3. The molecule has 4 nitrogen and oxygen atoms in total. The number of aryl methyl sites for hydroxylation is 1. The summed E-state index contributed by atoms with van der Waals surface area (Å²) in [6, 6.07) is 3.82. The predicted octanol–water partition coefficient (Wildman–Crippen LogP) is 2.33. The predicted molar refractivity (Wildman–Crippen MR) is 63.1 cm³/mol. The smallest absolute Gasteiger partial charge is 0.101 e. The second kappa shape index (κ2) is 4.73. The van der Waals surface area contributed by atoms with E-state index in [1.807, 2.05) is 12.4 Å². The minimum Gasteiger partial charge on any atom is -0.378 e. The number of pyridine rings is 1. The summed E-state index contributed by atoms with van der Waals surface area (Å²) in [6.07, 6.45) is 3.27. The van der Waals surface area contributed by atoms with Crippen LogP contribution in [-0.4, -0.2) is 9.97 Å². The molecule has 2 aromatic heterocycles. The van der Waals surface area contributed by atoms with E-state index in [9.17, 15) is 0 Å². The van der Waals surface area contributed by atoms with Crippen LogP contribution < -0.4 is 5.32 Å². The summed E-state index contributed by atoms with van der Waals surface area (Å²) in [4.78, 5) is 9.33. The number of thiazole rings is 1. The van der Waals surface area contributed by atoms with Crippen LogP contribution in [0.4, 0.5) is 5.69 Å². The molecule has 2 heterocycles. The molecule has 0 radical (unpaired) electrons. The zero-order valence-electron chi connectivity index (χ0n) is 8.77. The molecule has 0 atom stereocenters. The fraction of sp³-hybridized carbons (Fsp3) is 0.182. The van der Waals surface area contributed by atoms with Gasteiger partial charge in [0.05, 0.1) is 35.2 Å². The highest BCUT2D eigenvalue weighted by Crippen LogP contribution is 2.17. The molecule has 5 heteroatoms. The van der Waals surface area contributed by atoms with Gasteiger partial charge in [-0.25, -0.2) is 4.98 Å². The molecule has 2 rings (SSSR count). The second-order valence-electron chi connectivity index (χ2n) is 3.25. The Bertz CT molecular complexity index is 527. The Morgan fingerprint density at radius 2 is 2.44 bits per heavy atom. The highest BCUT2D eigenvalue weighted by Gasteiger charge is 2.04. The van der Waals surface area contributed by atoms with Gasteiger partial charge in [0.25, 0.3) is 0 Å². The van der Waals surface area contributed by atoms with Crippen molar-refractivity contribution in [1.29, 1.82) is 5.26 Å². The fourth-order valence-corrected chi connectivity index (χ4v) is 2.02. The maximum atomic E-state index is 8.90. The Kier molecular flexibility index (Phi) is 3.13. The average Bonchev–Trinajstić information content (AvgIpc) is 2.72. The van der Waals surface area contributed by atoms with Crippen LogP contribution in [0.15, 0.2) is 24.0 Å². The topological polar surface area (TPSA) is 61.6 Å². The van der Waals surface area contributed by atoms with Gasteiger partial charge in [-0.1, -0.05) is 0 Å². The van der Waals surface area contributed by atoms with Gasteiger partial charge in [-0.15, -0.1) is 11.3 Å². The maximum Gasteiger partial charge on any atom is 0.101 e. The van der Waals surface area contributed by atoms with Crippen LogP contribution in [0.25, 0.3) is 0 Å². The Hall–Kier alpha value is -1.93. The van der Waals surface area contributed by atoms with Gasteiger partial charge in [-0.2, -0.15) is 5.26 Å². The van der Waals surface area contributed by atoms with Crippen molar-refractivity contribution in [3.8, 4) is 6.07 Å². The third-order valence-electron chi connectivity index (χ3n) is 2.23. The van der Waals surface area contributed by atoms with Gasteiger partial charge in [0.15, 0.2) is 0 Å². The molecule has 0 saturated heterocycles. The summed E-state index contributed by atoms with van der Waals surface area (Å²) in [5.74, 6) is 0. The quantitative estimate of drug-likeness (QED) is 0.879. The molecule has 0 fully saturated rings. The summed E-state index contributed by atoms with van der Waals surface area (Å²) >= 11 is 1.61. The molecule has 2 aromatic rings. The van der Waals surface area contributed by atoms with Crippen molar-refractivity contribution in [1.82, 2.24) is 9.97 Å². The summed E-state index contributed by atoms with van der Waals surface area (Å²) in [5.41, 5.74) is 4.22. The molecule has 0 bridgehead atoms. The molecule has 0 aromatic carbocycles. The molecule has 0 aliphatic carbocycles. The lowest BCUT2D eigenvalue weighted by atomic mass is 10.2. The first-order valence-electron chi connectivity index (χ1n) is 4.78. The van der Waals surface area contributed by atoms with Crippen LogP contribution in [0, 0.1) is 18.3 Å². The van der Waals surface area contributed by atoms with Gasteiger partial charge in [-0.3, -0.25) is 4.98 Å². The van der Waals surface area contributed by atoms with E-state index < -0.39 is 0 Å². The Balaban J connectivity index is 2.11. The molecule has 0 spiro atoms. The van der Waals surface area contributed by atoms with Crippen molar-refractivity contribution >= 4 is 17.0 Å². The lowest BCUT2D eigenvalue weighted by Gasteiger charge is -2.05. The minimum absolute atomic E-state index is 0.608. The third-order valence-corrected chi connectivity index (χ3v) is 3.16. The van der Waals surface area contributed by atoms with Gasteiger partial charge in [0.2, 0.25) is 0 Å². The summed E-state index contributed by atoms with van der Waals surface area (Å²) in [6.45, 7) is 2.65. The zero-order valence-corrected chi connectivity index (χ0v) is 9.58. The highest BCUT2D eigenvalue weighted by atomic mass is 32.1. The van der Waals surface area contributed by atoms with E-state index in [1.165, 1.54) is 4.88 Å². The van der Waals surface area contributed by atoms with Gasteiger partial charge in [-0.05, 0) is 13.0 Å². The lowest BCUT2D eigenvalue weighted by molar-refractivity contribution is 1.11. The van der Waals surface area contributed by atoms with Crippen molar-refractivity contribution in [2.24, 2.45) is 0 Å². The Morgan fingerprint density at radius 1 is 1.56 bits per heavy atom. The van der Waals surface area contributed by atoms with Gasteiger partial charge in [0.1, 0.15) is 6.07 Å². The third kappa shape index (κ3) is 2.18. The van der Waals surface area contributed by atoms with E-state index in [1.54, 1.807) is 29.8 Å². The van der Waals surface area contributed by atoms with Crippen LogP contribution in [0.1, 0.15) is 16.1 Å². The number of nitrogens with one attached hydrogen (secondary N) is 1. The van der Waals surface area contributed by atoms with E-state index in [0.29, 0.717) is 12.1 Å². The molecule has 0 amide bonds. The van der Waals surface area contributed by atoms with Gasteiger partial charge >= 0.3 is 0 Å². The van der Waals surface area contributed by atoms with Crippen molar-refractivity contribution in [2.75, 3.05) is 5.32 Å². The van der Waals surface area contributed by atoms with Crippen molar-refractivity contribution in [2.45, 2.75) is 13.5 Å². The molecule has 0 unspecified atom stereocenters. The summed E-state index contributed by atoms with van der Waals surface area (Å²) in [5, 5.41) is 12.1. The first-order chi connectivity index (χ1) is 7.81. The van der Waals surface area contributed by atoms with Gasteiger partial charge < -0.3 is 5.32 Å². The molecule has 0 aliphatic rings. The Labute approximate surface area is 97.6 Å². The maximum absolute atomic E-state index is 8.90. The number of hydrogen-bond acceptors (Lipinski definition) is 5. The molecule has 0 aliphatic heterocycles. The average molecular weight is 230 g/mol. The van der Waals surface area contributed by atoms with E-state index in [4.69, 9.17) is 5.26 Å². The van der Waals surface area contributed by atoms with Crippen LogP contribution in [0.5, 0.6) is 0 Å². The highest BCUT2D eigenvalue weighted by molar-refractivity contribution is 7.09. The molecular weight excluding hydrogens is 220 g/mol. The van der Waals surface area contributed by atoms with E-state index in [-0.39, 0.29) is 0 Å². The zero-order chi connectivity index (χ0) is 11.4. The van der Waals surface area contributed by atoms with Crippen LogP contribution in [0.2, 0.25) is 0 Å². The molecule has 1 N–H and O–H groups in total. The lowest BCUT2D eigenvalue weighted by Crippen LogP contribution is -2.01. The molecule has 0 saturated carbocycles. The minimum atomic E-state index is 0.608. The number of nitriles is 1. The monoisotopic (exact) mass is 230 g/mol. The van der Waals surface area contributed by atoms with Crippen LogP contribution in [-0.2, 0) is 6.54 Å². The normalized spacial score (nSPS) is 9.75. The number of aromatic nitrogens is 2. The number of anilines is 1. The summed E-state index contributed by atoms with van der Waals surface area (Å²) in [7, 11) is 0. The van der Waals surface area contributed by atoms with E-state index in [2.05, 4.69) is 21.4 Å². The Morgan fingerprint density at radius 3 is 3.12 bits per heavy atom. The van der Waals surface area contributed by atoms with E-state index in [0.717, 1.165) is 11.4 Å². The largest absolute Gasteiger partial charge is 0.378 e. The summed E-state index contributed by atoms with van der Waals surface area (Å²) < 4.78 is 0. The standard InChI is InChI=1S/C11H10N4S/c1-8-11(16-7-15-8)6-14-10-5-13-3-2-9(10)4-12/h2-3,5,7,14H,6H2,1H3. The first-order valence-corrected chi connectivity index (χ1v) is 5.66. The van der Waals surface area contributed by atoms with Crippen molar-refractivity contribution in [3.05, 3.63) is 40.1 Å². The number of rotatable bonds is 3. The van der Waals surface area contributed by atoms with Crippen molar-refractivity contribution in [3.63, 3.8) is 0 Å².